The number of rotatable bonds is 7. The van der Waals surface area contributed by atoms with Crippen LogP contribution in [0.25, 0.3) is 10.9 Å². The molecule has 170 valence electrons. The molecule has 0 amide bonds. The number of methoxy groups -OCH3 is 1. The average Bonchev–Trinajstić information content (AvgIpc) is 2.77. The average molecular weight is 505 g/mol. The fraction of sp³-hybridized carbons (Fsp3) is 0.391. The van der Waals surface area contributed by atoms with Crippen LogP contribution in [0.15, 0.2) is 41.1 Å². The van der Waals surface area contributed by atoms with E-state index < -0.39 is 5.82 Å². The van der Waals surface area contributed by atoms with Gasteiger partial charge in [0.1, 0.15) is 18.2 Å². The number of aliphatic hydroxyl groups excluding tert-OH is 1. The highest BCUT2D eigenvalue weighted by atomic mass is 79.9. The van der Waals surface area contributed by atoms with Gasteiger partial charge in [-0.15, -0.1) is 0 Å². The zero-order chi connectivity index (χ0) is 22.7. The van der Waals surface area contributed by atoms with Crippen molar-refractivity contribution >= 4 is 38.3 Å². The molecule has 3 aromatic rings. The molecule has 2 N–H and O–H groups in total. The molecular weight excluding hydrogens is 479 g/mol. The van der Waals surface area contributed by atoms with Gasteiger partial charge >= 0.3 is 0 Å². The fourth-order valence-electron chi connectivity index (χ4n) is 3.91. The summed E-state index contributed by atoms with van der Waals surface area (Å²) in [6.45, 7) is 4.23. The van der Waals surface area contributed by atoms with Crippen molar-refractivity contribution in [2.75, 3.05) is 32.1 Å². The van der Waals surface area contributed by atoms with Crippen molar-refractivity contribution in [2.45, 2.75) is 32.0 Å². The predicted octanol–water partition coefficient (Wildman–Crippen LogP) is 4.51. The molecule has 0 aliphatic carbocycles. The van der Waals surface area contributed by atoms with Crippen LogP contribution in [0.1, 0.15) is 19.8 Å². The third-order valence-corrected chi connectivity index (χ3v) is 6.09. The summed E-state index contributed by atoms with van der Waals surface area (Å²) in [5, 5.41) is 13.3. The normalized spacial score (nSPS) is 16.2. The lowest BCUT2D eigenvalue weighted by atomic mass is 10.1. The Morgan fingerprint density at radius 3 is 2.75 bits per heavy atom. The van der Waals surface area contributed by atoms with Crippen LogP contribution in [-0.2, 0) is 0 Å². The van der Waals surface area contributed by atoms with Crippen LogP contribution in [0, 0.1) is 5.82 Å². The number of aromatic nitrogens is 2. The second-order valence-corrected chi connectivity index (χ2v) is 8.79. The lowest BCUT2D eigenvalue weighted by Gasteiger charge is -2.33. The second kappa shape index (κ2) is 9.97. The summed E-state index contributed by atoms with van der Waals surface area (Å²) in [5.74, 6) is 1.26. The van der Waals surface area contributed by atoms with Gasteiger partial charge in [0.15, 0.2) is 17.3 Å². The highest BCUT2D eigenvalue weighted by molar-refractivity contribution is 9.10. The molecule has 7 nitrogen and oxygen atoms in total. The Labute approximate surface area is 194 Å². The fourth-order valence-corrected chi connectivity index (χ4v) is 4.27. The van der Waals surface area contributed by atoms with Gasteiger partial charge in [0.05, 0.1) is 28.9 Å². The number of halogens is 2. The molecule has 1 aromatic heterocycles. The number of nitrogens with one attached hydrogen (secondary N) is 1. The number of benzene rings is 2. The van der Waals surface area contributed by atoms with E-state index in [0.717, 1.165) is 25.9 Å². The topological polar surface area (TPSA) is 79.7 Å². The molecule has 0 unspecified atom stereocenters. The molecule has 2 heterocycles. The minimum Gasteiger partial charge on any atom is -0.493 e. The van der Waals surface area contributed by atoms with Gasteiger partial charge in [0.25, 0.3) is 0 Å². The predicted molar refractivity (Wildman–Crippen MR) is 125 cm³/mol. The Bertz CT molecular complexity index is 1090. The van der Waals surface area contributed by atoms with E-state index in [1.54, 1.807) is 32.2 Å². The number of anilines is 2. The van der Waals surface area contributed by atoms with Crippen molar-refractivity contribution in [3.63, 3.8) is 0 Å². The van der Waals surface area contributed by atoms with E-state index in [9.17, 15) is 9.50 Å². The van der Waals surface area contributed by atoms with Crippen molar-refractivity contribution in [3.05, 3.63) is 46.9 Å². The number of fused-ring (bicyclic) bond motifs is 1. The monoisotopic (exact) mass is 504 g/mol. The maximum atomic E-state index is 14.4. The molecule has 1 saturated heterocycles. The van der Waals surface area contributed by atoms with E-state index in [2.05, 4.69) is 36.1 Å². The minimum atomic E-state index is -0.395. The standard InChI is InChI=1S/C23H26BrFN4O3/c1-14(30)12-29-8-6-15(7-9-29)32-21-11-19-16(10-20(21)31-2)23(27-13-26-19)28-18-5-3-4-17(24)22(18)25/h3-5,10-11,13-15,30H,6-9,12H2,1-2H3,(H,26,27,28)/t14-/m1/s1. The largest absolute Gasteiger partial charge is 0.493 e. The van der Waals surface area contributed by atoms with Crippen LogP contribution in [0.5, 0.6) is 11.5 Å². The van der Waals surface area contributed by atoms with Gasteiger partial charge in [-0.1, -0.05) is 6.07 Å². The van der Waals surface area contributed by atoms with E-state index >= 15 is 0 Å². The number of nitrogens with zero attached hydrogens (tertiary/aromatic N) is 3. The molecule has 1 fully saturated rings. The van der Waals surface area contributed by atoms with Crippen molar-refractivity contribution < 1.29 is 19.0 Å². The van der Waals surface area contributed by atoms with Crippen molar-refractivity contribution in [2.24, 2.45) is 0 Å². The van der Waals surface area contributed by atoms with E-state index in [1.165, 1.54) is 6.33 Å². The maximum absolute atomic E-state index is 14.4. The SMILES string of the molecule is COc1cc2c(Nc3cccc(Br)c3F)ncnc2cc1OC1CCN(C[C@@H](C)O)CC1. The van der Waals surface area contributed by atoms with Crippen LogP contribution in [0.4, 0.5) is 15.9 Å². The zero-order valence-corrected chi connectivity index (χ0v) is 19.6. The molecule has 1 atom stereocenters. The van der Waals surface area contributed by atoms with Crippen molar-refractivity contribution in [1.82, 2.24) is 14.9 Å². The number of piperidine rings is 1. The first kappa shape index (κ1) is 22.7. The van der Waals surface area contributed by atoms with Gasteiger partial charge < -0.3 is 24.8 Å². The van der Waals surface area contributed by atoms with Gasteiger partial charge in [-0.05, 0) is 53.9 Å². The van der Waals surface area contributed by atoms with Crippen LogP contribution in [0.2, 0.25) is 0 Å². The highest BCUT2D eigenvalue weighted by Crippen LogP contribution is 2.36. The molecule has 0 radical (unpaired) electrons. The summed E-state index contributed by atoms with van der Waals surface area (Å²) in [6, 6.07) is 8.68. The summed E-state index contributed by atoms with van der Waals surface area (Å²) in [4.78, 5) is 10.9. The van der Waals surface area contributed by atoms with Gasteiger partial charge in [0, 0.05) is 31.1 Å². The van der Waals surface area contributed by atoms with E-state index in [-0.39, 0.29) is 12.2 Å². The molecular formula is C23H26BrFN4O3. The zero-order valence-electron chi connectivity index (χ0n) is 18.0. The quantitative estimate of drug-likeness (QED) is 0.489. The Balaban J connectivity index is 1.56. The van der Waals surface area contributed by atoms with Crippen LogP contribution in [-0.4, -0.2) is 58.9 Å². The van der Waals surface area contributed by atoms with E-state index in [0.29, 0.717) is 44.9 Å². The first-order valence-corrected chi connectivity index (χ1v) is 11.3. The lowest BCUT2D eigenvalue weighted by Crippen LogP contribution is -2.41. The minimum absolute atomic E-state index is 0.0572. The van der Waals surface area contributed by atoms with Crippen LogP contribution in [0.3, 0.4) is 0 Å². The first-order chi connectivity index (χ1) is 15.4. The number of aliphatic hydroxyl groups is 1. The summed E-state index contributed by atoms with van der Waals surface area (Å²) in [6.07, 6.45) is 2.90. The third kappa shape index (κ3) is 5.11. The summed E-state index contributed by atoms with van der Waals surface area (Å²) < 4.78 is 26.7. The Hall–Kier alpha value is -2.49. The molecule has 2 aromatic carbocycles. The smallest absolute Gasteiger partial charge is 0.163 e. The molecule has 9 heteroatoms. The Morgan fingerprint density at radius 2 is 2.03 bits per heavy atom. The van der Waals surface area contributed by atoms with Crippen LogP contribution < -0.4 is 14.8 Å². The Morgan fingerprint density at radius 1 is 1.25 bits per heavy atom. The number of hydrogen-bond donors (Lipinski definition) is 2. The number of hydrogen-bond acceptors (Lipinski definition) is 7. The Kier molecular flexibility index (Phi) is 7.07. The van der Waals surface area contributed by atoms with Crippen LogP contribution >= 0.6 is 15.9 Å². The van der Waals surface area contributed by atoms with E-state index in [4.69, 9.17) is 9.47 Å². The number of ether oxygens (including phenoxy) is 2. The van der Waals surface area contributed by atoms with Gasteiger partial charge in [0.2, 0.25) is 0 Å². The van der Waals surface area contributed by atoms with Gasteiger partial charge in [-0.3, -0.25) is 0 Å². The molecule has 32 heavy (non-hydrogen) atoms. The van der Waals surface area contributed by atoms with E-state index in [1.807, 2.05) is 12.1 Å². The first-order valence-electron chi connectivity index (χ1n) is 10.6. The molecule has 4 rings (SSSR count). The summed E-state index contributed by atoms with van der Waals surface area (Å²) in [7, 11) is 1.59. The summed E-state index contributed by atoms with van der Waals surface area (Å²) >= 11 is 3.20. The lowest BCUT2D eigenvalue weighted by molar-refractivity contribution is 0.0661. The van der Waals surface area contributed by atoms with Crippen molar-refractivity contribution in [3.8, 4) is 11.5 Å². The molecule has 1 aliphatic rings. The highest BCUT2D eigenvalue weighted by Gasteiger charge is 2.23. The van der Waals surface area contributed by atoms with Gasteiger partial charge in [-0.25, -0.2) is 14.4 Å². The second-order valence-electron chi connectivity index (χ2n) is 7.94. The number of β-amino-alcohol motifs (C(OH)–C–C–N with tert-alkyl or cyclic N) is 1. The van der Waals surface area contributed by atoms with Crippen molar-refractivity contribution in [1.29, 1.82) is 0 Å². The number of likely N-dealkylation sites (tertiary alicyclic amines) is 1. The molecule has 0 bridgehead atoms. The third-order valence-electron chi connectivity index (χ3n) is 5.48. The summed E-state index contributed by atoms with van der Waals surface area (Å²) in [5.41, 5.74) is 0.975. The molecule has 1 aliphatic heterocycles. The molecule has 0 spiro atoms. The van der Waals surface area contributed by atoms with Gasteiger partial charge in [-0.2, -0.15) is 0 Å². The maximum Gasteiger partial charge on any atom is 0.163 e. The molecule has 0 saturated carbocycles.